The fourth-order valence-electron chi connectivity index (χ4n) is 3.09. The van der Waals surface area contributed by atoms with Crippen molar-refractivity contribution in [2.24, 2.45) is 5.92 Å². The van der Waals surface area contributed by atoms with Crippen LogP contribution < -0.4 is 10.6 Å². The van der Waals surface area contributed by atoms with Crippen LogP contribution >= 0.6 is 0 Å². The van der Waals surface area contributed by atoms with Gasteiger partial charge in [-0.3, -0.25) is 4.79 Å². The van der Waals surface area contributed by atoms with E-state index in [-0.39, 0.29) is 29.6 Å². The molecule has 1 saturated carbocycles. The van der Waals surface area contributed by atoms with Gasteiger partial charge in [0.05, 0.1) is 0 Å². The molecule has 1 aliphatic heterocycles. The lowest BCUT2D eigenvalue weighted by molar-refractivity contribution is -0.128. The molecule has 20 heavy (non-hydrogen) atoms. The van der Waals surface area contributed by atoms with E-state index in [9.17, 15) is 9.18 Å². The molecule has 2 N–H and O–H groups in total. The monoisotopic (exact) mass is 276 g/mol. The Kier molecular flexibility index (Phi) is 4.01. The Bertz CT molecular complexity index is 470. The van der Waals surface area contributed by atoms with Crippen LogP contribution in [0.15, 0.2) is 24.3 Å². The first-order valence-electron chi connectivity index (χ1n) is 7.50. The number of hydrogen-bond acceptors (Lipinski definition) is 2. The van der Waals surface area contributed by atoms with Crippen LogP contribution in [0, 0.1) is 11.7 Å². The second kappa shape index (κ2) is 5.92. The molecule has 2 atom stereocenters. The van der Waals surface area contributed by atoms with Crippen molar-refractivity contribution in [1.29, 1.82) is 0 Å². The Hall–Kier alpha value is -1.42. The van der Waals surface area contributed by atoms with Crippen molar-refractivity contribution in [2.75, 3.05) is 13.1 Å². The van der Waals surface area contributed by atoms with Crippen LogP contribution in [-0.4, -0.2) is 25.0 Å². The van der Waals surface area contributed by atoms with Crippen molar-refractivity contribution in [3.63, 3.8) is 0 Å². The van der Waals surface area contributed by atoms with Gasteiger partial charge in [-0.2, -0.15) is 0 Å². The minimum atomic E-state index is -0.210. The van der Waals surface area contributed by atoms with Gasteiger partial charge < -0.3 is 10.6 Å². The van der Waals surface area contributed by atoms with Crippen LogP contribution in [-0.2, 0) is 4.79 Å². The van der Waals surface area contributed by atoms with Crippen molar-refractivity contribution >= 4 is 5.91 Å². The third-order valence-electron chi connectivity index (χ3n) is 4.58. The summed E-state index contributed by atoms with van der Waals surface area (Å²) in [4.78, 5) is 12.1. The lowest BCUT2D eigenvalue weighted by Crippen LogP contribution is -2.52. The molecule has 1 aromatic rings. The first kappa shape index (κ1) is 13.6. The molecule has 2 aliphatic rings. The zero-order valence-corrected chi connectivity index (χ0v) is 11.6. The molecule has 1 heterocycles. The first-order valence-corrected chi connectivity index (χ1v) is 7.50. The molecule has 1 saturated heterocycles. The Morgan fingerprint density at radius 1 is 1.20 bits per heavy atom. The van der Waals surface area contributed by atoms with Gasteiger partial charge >= 0.3 is 0 Å². The van der Waals surface area contributed by atoms with Crippen molar-refractivity contribution in [2.45, 2.75) is 37.6 Å². The average Bonchev–Trinajstić information content (AvgIpc) is 2.38. The quantitative estimate of drug-likeness (QED) is 0.888. The van der Waals surface area contributed by atoms with Gasteiger partial charge in [0.15, 0.2) is 0 Å². The predicted octanol–water partition coefficient (Wildman–Crippen LogP) is 2.19. The molecule has 2 unspecified atom stereocenters. The number of hydrogen-bond donors (Lipinski definition) is 2. The van der Waals surface area contributed by atoms with E-state index in [0.29, 0.717) is 0 Å². The van der Waals surface area contributed by atoms with Crippen molar-refractivity contribution in [3.05, 3.63) is 35.6 Å². The van der Waals surface area contributed by atoms with Gasteiger partial charge in [0.2, 0.25) is 5.91 Å². The molecule has 108 valence electrons. The summed E-state index contributed by atoms with van der Waals surface area (Å²) in [7, 11) is 0. The van der Waals surface area contributed by atoms with Crippen molar-refractivity contribution < 1.29 is 9.18 Å². The topological polar surface area (TPSA) is 41.1 Å². The van der Waals surface area contributed by atoms with Crippen LogP contribution in [0.1, 0.15) is 37.2 Å². The molecule has 3 rings (SSSR count). The van der Waals surface area contributed by atoms with Crippen LogP contribution in [0.25, 0.3) is 0 Å². The summed E-state index contributed by atoms with van der Waals surface area (Å²) < 4.78 is 13.0. The summed E-state index contributed by atoms with van der Waals surface area (Å²) in [6, 6.07) is 6.80. The number of benzene rings is 1. The van der Waals surface area contributed by atoms with E-state index in [4.69, 9.17) is 0 Å². The highest BCUT2D eigenvalue weighted by molar-refractivity contribution is 5.79. The fraction of sp³-hybridized carbons (Fsp3) is 0.562. The number of halogens is 1. The highest BCUT2D eigenvalue weighted by Crippen LogP contribution is 2.29. The average molecular weight is 276 g/mol. The minimum Gasteiger partial charge on any atom is -0.351 e. The van der Waals surface area contributed by atoms with E-state index in [1.807, 2.05) is 12.1 Å². The zero-order valence-electron chi connectivity index (χ0n) is 11.6. The summed E-state index contributed by atoms with van der Waals surface area (Å²) in [5.74, 6) is 0.474. The lowest BCUT2D eigenvalue weighted by atomic mass is 9.82. The third kappa shape index (κ3) is 2.85. The zero-order chi connectivity index (χ0) is 13.9. The Morgan fingerprint density at radius 3 is 2.60 bits per heavy atom. The second-order valence-electron chi connectivity index (χ2n) is 5.89. The minimum absolute atomic E-state index is 0.113. The number of amides is 1. The van der Waals surface area contributed by atoms with Gasteiger partial charge in [-0.15, -0.1) is 0 Å². The number of carbonyl (C=O) groups excluding carboxylic acids is 1. The Morgan fingerprint density at radius 2 is 1.95 bits per heavy atom. The van der Waals surface area contributed by atoms with Crippen molar-refractivity contribution in [1.82, 2.24) is 10.6 Å². The SMILES string of the molecule is O=C(NC1CNCCC1c1ccc(F)cc1)C1CCC1. The van der Waals surface area contributed by atoms with E-state index in [1.54, 1.807) is 0 Å². The largest absolute Gasteiger partial charge is 0.351 e. The highest BCUT2D eigenvalue weighted by Gasteiger charge is 2.31. The molecular formula is C16H21FN2O. The van der Waals surface area contributed by atoms with Crippen LogP contribution in [0.2, 0.25) is 0 Å². The summed E-state index contributed by atoms with van der Waals surface area (Å²) in [5.41, 5.74) is 1.12. The number of nitrogens with one attached hydrogen (secondary N) is 2. The first-order chi connectivity index (χ1) is 9.74. The molecule has 3 nitrogen and oxygen atoms in total. The smallest absolute Gasteiger partial charge is 0.223 e. The molecule has 0 radical (unpaired) electrons. The van der Waals surface area contributed by atoms with E-state index in [2.05, 4.69) is 10.6 Å². The molecule has 1 amide bonds. The summed E-state index contributed by atoms with van der Waals surface area (Å²) in [5, 5.41) is 6.53. The molecule has 0 aromatic heterocycles. The maximum atomic E-state index is 13.0. The highest BCUT2D eigenvalue weighted by atomic mass is 19.1. The predicted molar refractivity (Wildman–Crippen MR) is 75.9 cm³/mol. The second-order valence-corrected chi connectivity index (χ2v) is 5.89. The summed E-state index contributed by atoms with van der Waals surface area (Å²) >= 11 is 0. The number of rotatable bonds is 3. The van der Waals surface area contributed by atoms with E-state index >= 15 is 0 Å². The van der Waals surface area contributed by atoms with Crippen LogP contribution in [0.4, 0.5) is 4.39 Å². The van der Waals surface area contributed by atoms with Gasteiger partial charge in [0, 0.05) is 24.4 Å². The normalized spacial score (nSPS) is 26.9. The summed E-state index contributed by atoms with van der Waals surface area (Å²) in [6.07, 6.45) is 4.18. The fourth-order valence-corrected chi connectivity index (χ4v) is 3.09. The van der Waals surface area contributed by atoms with Gasteiger partial charge in [-0.05, 0) is 43.5 Å². The van der Waals surface area contributed by atoms with E-state index in [0.717, 1.165) is 37.9 Å². The maximum Gasteiger partial charge on any atom is 0.223 e. The van der Waals surface area contributed by atoms with Gasteiger partial charge in [-0.25, -0.2) is 4.39 Å². The molecule has 1 aliphatic carbocycles. The third-order valence-corrected chi connectivity index (χ3v) is 4.58. The molecule has 0 spiro atoms. The number of carbonyl (C=O) groups is 1. The molecule has 0 bridgehead atoms. The molecular weight excluding hydrogens is 255 g/mol. The van der Waals surface area contributed by atoms with Gasteiger partial charge in [0.25, 0.3) is 0 Å². The van der Waals surface area contributed by atoms with Crippen LogP contribution in [0.3, 0.4) is 0 Å². The number of piperidine rings is 1. The Balaban J connectivity index is 1.69. The standard InChI is InChI=1S/C16H21FN2O/c17-13-6-4-11(5-7-13)14-8-9-18-10-15(14)19-16(20)12-2-1-3-12/h4-7,12,14-15,18H,1-3,8-10H2,(H,19,20). The molecule has 2 fully saturated rings. The molecule has 1 aromatic carbocycles. The van der Waals surface area contributed by atoms with Crippen molar-refractivity contribution in [3.8, 4) is 0 Å². The van der Waals surface area contributed by atoms with E-state index in [1.165, 1.54) is 18.6 Å². The summed E-state index contributed by atoms with van der Waals surface area (Å²) in [6.45, 7) is 1.73. The maximum absolute atomic E-state index is 13.0. The van der Waals surface area contributed by atoms with E-state index < -0.39 is 0 Å². The van der Waals surface area contributed by atoms with Gasteiger partial charge in [-0.1, -0.05) is 18.6 Å². The lowest BCUT2D eigenvalue weighted by Gasteiger charge is -2.35. The van der Waals surface area contributed by atoms with Gasteiger partial charge in [0.1, 0.15) is 5.82 Å². The molecule has 4 heteroatoms. The Labute approximate surface area is 118 Å². The van der Waals surface area contributed by atoms with Crippen LogP contribution in [0.5, 0.6) is 0 Å².